The maximum absolute atomic E-state index is 12.0. The second kappa shape index (κ2) is 7.95. The van der Waals surface area contributed by atoms with Crippen LogP contribution in [0.3, 0.4) is 0 Å². The predicted molar refractivity (Wildman–Crippen MR) is 91.2 cm³/mol. The first-order valence-electron chi connectivity index (χ1n) is 7.06. The van der Waals surface area contributed by atoms with E-state index in [0.29, 0.717) is 22.9 Å². The van der Waals surface area contributed by atoms with E-state index in [1.54, 1.807) is 18.4 Å². The molecular weight excluding hydrogens is 306 g/mol. The monoisotopic (exact) mass is 329 g/mol. The Kier molecular flexibility index (Phi) is 6.88. The number of benzene rings is 1. The highest BCUT2D eigenvalue weighted by atomic mass is 35.5. The van der Waals surface area contributed by atoms with Crippen molar-refractivity contribution in [3.05, 3.63) is 28.8 Å². The molecule has 0 aliphatic rings. The molecule has 0 fully saturated rings. The normalized spacial score (nSPS) is 13.0. The first kappa shape index (κ1) is 18.2. The number of carbonyl (C=O) groups is 1. The largest absolute Gasteiger partial charge is 0.325 e. The fourth-order valence-electron chi connectivity index (χ4n) is 1.98. The molecule has 0 radical (unpaired) electrons. The van der Waals surface area contributed by atoms with Crippen LogP contribution in [0.2, 0.25) is 5.02 Å². The Labute approximate surface area is 134 Å². The van der Waals surface area contributed by atoms with Crippen LogP contribution in [-0.4, -0.2) is 16.4 Å². The summed E-state index contributed by atoms with van der Waals surface area (Å²) >= 11 is 6.09. The zero-order valence-corrected chi connectivity index (χ0v) is 14.7. The minimum atomic E-state index is -0.915. The average Bonchev–Trinajstić information content (AvgIpc) is 2.31. The van der Waals surface area contributed by atoms with Crippen LogP contribution in [0.5, 0.6) is 0 Å². The summed E-state index contributed by atoms with van der Waals surface area (Å²) in [5, 5.41) is 3.34. The van der Waals surface area contributed by atoms with E-state index in [-0.39, 0.29) is 11.3 Å². The van der Waals surface area contributed by atoms with Gasteiger partial charge < -0.3 is 5.32 Å². The van der Waals surface area contributed by atoms with Crippen LogP contribution in [0.1, 0.15) is 45.6 Å². The van der Waals surface area contributed by atoms with E-state index in [9.17, 15) is 9.00 Å². The Morgan fingerprint density at radius 1 is 1.33 bits per heavy atom. The van der Waals surface area contributed by atoms with Gasteiger partial charge in [0.15, 0.2) is 0 Å². The Morgan fingerprint density at radius 3 is 2.57 bits per heavy atom. The van der Waals surface area contributed by atoms with Crippen LogP contribution in [0.4, 0.5) is 5.69 Å². The summed E-state index contributed by atoms with van der Waals surface area (Å²) in [5.74, 6) is 0.431. The van der Waals surface area contributed by atoms with Crippen LogP contribution in [0, 0.1) is 5.41 Å². The molecule has 118 valence electrons. The SMILES string of the molecule is C[S@](=O)Cc1ccc(Cl)c(NC(=O)CCCC(C)(C)C)c1. The molecular formula is C16H24ClNO2S. The summed E-state index contributed by atoms with van der Waals surface area (Å²) in [4.78, 5) is 12.0. The average molecular weight is 330 g/mol. The van der Waals surface area contributed by atoms with Gasteiger partial charge in [-0.3, -0.25) is 9.00 Å². The number of nitrogens with one attached hydrogen (secondary N) is 1. The van der Waals surface area contributed by atoms with Crippen molar-refractivity contribution in [2.24, 2.45) is 5.41 Å². The van der Waals surface area contributed by atoms with E-state index in [2.05, 4.69) is 26.1 Å². The van der Waals surface area contributed by atoms with Gasteiger partial charge in [0.05, 0.1) is 10.7 Å². The van der Waals surface area contributed by atoms with Crippen LogP contribution in [0.25, 0.3) is 0 Å². The van der Waals surface area contributed by atoms with Gasteiger partial charge in [0, 0.05) is 29.2 Å². The predicted octanol–water partition coefficient (Wildman–Crippen LogP) is 4.37. The Bertz CT molecular complexity index is 523. The molecule has 0 spiro atoms. The van der Waals surface area contributed by atoms with Crippen LogP contribution in [-0.2, 0) is 21.3 Å². The first-order chi connectivity index (χ1) is 9.67. The smallest absolute Gasteiger partial charge is 0.224 e. The van der Waals surface area contributed by atoms with Crippen molar-refractivity contribution in [1.82, 2.24) is 0 Å². The third-order valence-corrected chi connectivity index (χ3v) is 4.07. The molecule has 5 heteroatoms. The fourth-order valence-corrected chi connectivity index (χ4v) is 2.80. The van der Waals surface area contributed by atoms with Crippen LogP contribution < -0.4 is 5.32 Å². The lowest BCUT2D eigenvalue weighted by molar-refractivity contribution is -0.116. The molecule has 1 aromatic rings. The Hall–Kier alpha value is -0.870. The molecule has 3 nitrogen and oxygen atoms in total. The molecule has 21 heavy (non-hydrogen) atoms. The minimum absolute atomic E-state index is 0.0316. The van der Waals surface area contributed by atoms with Crippen molar-refractivity contribution in [2.75, 3.05) is 11.6 Å². The zero-order valence-electron chi connectivity index (χ0n) is 13.2. The first-order valence-corrected chi connectivity index (χ1v) is 9.16. The van der Waals surface area contributed by atoms with E-state index in [0.717, 1.165) is 18.4 Å². The lowest BCUT2D eigenvalue weighted by atomic mass is 9.90. The van der Waals surface area contributed by atoms with Crippen molar-refractivity contribution >= 4 is 34.0 Å². The van der Waals surface area contributed by atoms with Crippen molar-refractivity contribution in [3.63, 3.8) is 0 Å². The van der Waals surface area contributed by atoms with Gasteiger partial charge in [-0.15, -0.1) is 0 Å². The summed E-state index contributed by atoms with van der Waals surface area (Å²) in [5.41, 5.74) is 1.74. The summed E-state index contributed by atoms with van der Waals surface area (Å²) < 4.78 is 11.3. The molecule has 0 bridgehead atoms. The van der Waals surface area contributed by atoms with Crippen molar-refractivity contribution in [2.45, 2.75) is 45.8 Å². The van der Waals surface area contributed by atoms with Gasteiger partial charge in [0.2, 0.25) is 5.91 Å². The van der Waals surface area contributed by atoms with E-state index < -0.39 is 10.8 Å². The molecule has 0 aromatic heterocycles. The number of hydrogen-bond donors (Lipinski definition) is 1. The molecule has 0 aliphatic heterocycles. The number of amides is 1. The number of hydrogen-bond acceptors (Lipinski definition) is 2. The van der Waals surface area contributed by atoms with E-state index >= 15 is 0 Å². The Morgan fingerprint density at radius 2 is 2.00 bits per heavy atom. The highest BCUT2D eigenvalue weighted by Gasteiger charge is 2.12. The third kappa shape index (κ3) is 7.63. The van der Waals surface area contributed by atoms with Crippen molar-refractivity contribution < 1.29 is 9.00 Å². The second-order valence-electron chi connectivity index (χ2n) is 6.49. The van der Waals surface area contributed by atoms with Gasteiger partial charge in [-0.25, -0.2) is 0 Å². The molecule has 1 atom stereocenters. The number of anilines is 1. The summed E-state index contributed by atoms with van der Waals surface area (Å²) in [6, 6.07) is 5.36. The van der Waals surface area contributed by atoms with Gasteiger partial charge in [-0.05, 0) is 36.0 Å². The van der Waals surface area contributed by atoms with Crippen molar-refractivity contribution in [1.29, 1.82) is 0 Å². The van der Waals surface area contributed by atoms with Gasteiger partial charge >= 0.3 is 0 Å². The van der Waals surface area contributed by atoms with E-state index in [1.807, 2.05) is 6.07 Å². The summed E-state index contributed by atoms with van der Waals surface area (Å²) in [6.07, 6.45) is 3.99. The van der Waals surface area contributed by atoms with E-state index in [4.69, 9.17) is 11.6 Å². The second-order valence-corrected chi connectivity index (χ2v) is 8.34. The maximum Gasteiger partial charge on any atom is 0.224 e. The highest BCUT2D eigenvalue weighted by Crippen LogP contribution is 2.25. The quantitative estimate of drug-likeness (QED) is 0.842. The van der Waals surface area contributed by atoms with Gasteiger partial charge in [0.25, 0.3) is 0 Å². The highest BCUT2D eigenvalue weighted by molar-refractivity contribution is 7.83. The molecule has 1 amide bonds. The minimum Gasteiger partial charge on any atom is -0.325 e. The number of halogens is 1. The maximum atomic E-state index is 12.0. The lowest BCUT2D eigenvalue weighted by Crippen LogP contribution is -2.13. The van der Waals surface area contributed by atoms with Gasteiger partial charge in [-0.2, -0.15) is 0 Å². The van der Waals surface area contributed by atoms with Gasteiger partial charge in [-0.1, -0.05) is 38.4 Å². The Balaban J connectivity index is 2.60. The molecule has 0 heterocycles. The molecule has 0 aliphatic carbocycles. The molecule has 0 saturated heterocycles. The molecule has 0 unspecified atom stereocenters. The zero-order chi connectivity index (χ0) is 16.0. The molecule has 1 N–H and O–H groups in total. The topological polar surface area (TPSA) is 46.2 Å². The lowest BCUT2D eigenvalue weighted by Gasteiger charge is -2.17. The van der Waals surface area contributed by atoms with E-state index in [1.165, 1.54) is 0 Å². The summed E-state index contributed by atoms with van der Waals surface area (Å²) in [7, 11) is -0.915. The third-order valence-electron chi connectivity index (χ3n) is 3.01. The number of carbonyl (C=O) groups excluding carboxylic acids is 1. The van der Waals surface area contributed by atoms with Crippen LogP contribution >= 0.6 is 11.6 Å². The fraction of sp³-hybridized carbons (Fsp3) is 0.562. The molecule has 1 rings (SSSR count). The van der Waals surface area contributed by atoms with Gasteiger partial charge in [0.1, 0.15) is 0 Å². The standard InChI is InChI=1S/C16H24ClNO2S/c1-16(2,3)9-5-6-15(19)18-14-10-12(11-21(4)20)7-8-13(14)17/h7-8,10H,5-6,9,11H2,1-4H3,(H,18,19)/t21-/m0/s1. The number of rotatable bonds is 6. The molecule has 1 aromatic carbocycles. The summed E-state index contributed by atoms with van der Waals surface area (Å²) in [6.45, 7) is 6.49. The van der Waals surface area contributed by atoms with Crippen LogP contribution in [0.15, 0.2) is 18.2 Å². The molecule has 0 saturated carbocycles. The van der Waals surface area contributed by atoms with Crippen molar-refractivity contribution in [3.8, 4) is 0 Å².